The fourth-order valence-electron chi connectivity index (χ4n) is 2.10. The summed E-state index contributed by atoms with van der Waals surface area (Å²) in [7, 11) is 1.93. The van der Waals surface area contributed by atoms with E-state index < -0.39 is 0 Å². The molecule has 1 aromatic carbocycles. The molecule has 1 atom stereocenters. The number of pyridine rings is 1. The summed E-state index contributed by atoms with van der Waals surface area (Å²) in [4.78, 5) is 4.24. The van der Waals surface area contributed by atoms with Crippen molar-refractivity contribution in [3.05, 3.63) is 63.9 Å². The highest BCUT2D eigenvalue weighted by Gasteiger charge is 2.15. The number of benzene rings is 1. The van der Waals surface area contributed by atoms with Gasteiger partial charge < -0.3 is 5.32 Å². The second-order valence-corrected chi connectivity index (χ2v) is 4.95. The second-order valence-electron chi connectivity index (χ2n) is 4.54. The minimum atomic E-state index is 0.0745. The molecule has 0 saturated heterocycles. The Morgan fingerprint density at radius 1 is 1.11 bits per heavy atom. The molecule has 1 N–H and O–H groups in total. The molecule has 0 amide bonds. The van der Waals surface area contributed by atoms with Gasteiger partial charge in [-0.3, -0.25) is 4.98 Å². The van der Waals surface area contributed by atoms with E-state index in [9.17, 15) is 0 Å². The molecule has 1 heterocycles. The van der Waals surface area contributed by atoms with Gasteiger partial charge in [0, 0.05) is 17.4 Å². The lowest BCUT2D eigenvalue weighted by atomic mass is 9.98. The van der Waals surface area contributed by atoms with Gasteiger partial charge in [0.1, 0.15) is 0 Å². The molecule has 0 bridgehead atoms. The van der Waals surface area contributed by atoms with Crippen LogP contribution in [-0.2, 0) is 0 Å². The highest BCUT2D eigenvalue weighted by atomic mass is 35.5. The first kappa shape index (κ1) is 13.1. The Morgan fingerprint density at radius 2 is 1.89 bits per heavy atom. The third-order valence-electron chi connectivity index (χ3n) is 2.99. The fraction of sp³-hybridized carbons (Fsp3) is 0.267. The maximum absolute atomic E-state index is 6.33. The normalized spacial score (nSPS) is 12.4. The van der Waals surface area contributed by atoms with E-state index in [2.05, 4.69) is 28.5 Å². The van der Waals surface area contributed by atoms with E-state index in [4.69, 9.17) is 11.6 Å². The van der Waals surface area contributed by atoms with Crippen LogP contribution in [0.15, 0.2) is 36.7 Å². The van der Waals surface area contributed by atoms with Crippen LogP contribution in [-0.4, -0.2) is 12.0 Å². The van der Waals surface area contributed by atoms with Crippen LogP contribution >= 0.6 is 11.6 Å². The number of rotatable bonds is 3. The molecule has 2 nitrogen and oxygen atoms in total. The van der Waals surface area contributed by atoms with E-state index in [1.165, 1.54) is 5.56 Å². The lowest BCUT2D eigenvalue weighted by Gasteiger charge is -2.19. The smallest absolute Gasteiger partial charge is 0.0604 e. The molecule has 94 valence electrons. The standard InChI is InChI=1S/C15H17ClN2/c1-10-4-5-13(14(16)7-10)15(17-3)12-6-11(2)8-18-9-12/h4-9,15,17H,1-3H3. The number of hydrogen-bond donors (Lipinski definition) is 1. The number of nitrogens with one attached hydrogen (secondary N) is 1. The van der Waals surface area contributed by atoms with Gasteiger partial charge in [-0.15, -0.1) is 0 Å². The van der Waals surface area contributed by atoms with Crippen LogP contribution in [0.4, 0.5) is 0 Å². The number of hydrogen-bond acceptors (Lipinski definition) is 2. The summed E-state index contributed by atoms with van der Waals surface area (Å²) in [5.41, 5.74) is 4.53. The maximum atomic E-state index is 6.33. The first-order valence-electron chi connectivity index (χ1n) is 5.96. The van der Waals surface area contributed by atoms with E-state index in [1.807, 2.05) is 39.4 Å². The minimum Gasteiger partial charge on any atom is -0.309 e. The Hall–Kier alpha value is -1.38. The average molecular weight is 261 g/mol. The van der Waals surface area contributed by atoms with Crippen LogP contribution < -0.4 is 5.32 Å². The lowest BCUT2D eigenvalue weighted by Crippen LogP contribution is -2.18. The number of nitrogens with zero attached hydrogens (tertiary/aromatic N) is 1. The summed E-state index contributed by atoms with van der Waals surface area (Å²) in [5, 5.41) is 4.09. The first-order valence-corrected chi connectivity index (χ1v) is 6.34. The van der Waals surface area contributed by atoms with Gasteiger partial charge in [0.25, 0.3) is 0 Å². The third kappa shape index (κ3) is 2.71. The fourth-order valence-corrected chi connectivity index (χ4v) is 2.45. The molecule has 0 fully saturated rings. The Bertz CT molecular complexity index is 552. The molecule has 1 aromatic heterocycles. The van der Waals surface area contributed by atoms with Gasteiger partial charge in [-0.25, -0.2) is 0 Å². The van der Waals surface area contributed by atoms with E-state index >= 15 is 0 Å². The molecule has 18 heavy (non-hydrogen) atoms. The molecule has 2 rings (SSSR count). The van der Waals surface area contributed by atoms with Crippen molar-refractivity contribution in [3.63, 3.8) is 0 Å². The van der Waals surface area contributed by atoms with Crippen molar-refractivity contribution in [2.24, 2.45) is 0 Å². The summed E-state index contributed by atoms with van der Waals surface area (Å²) in [6.45, 7) is 4.08. The largest absolute Gasteiger partial charge is 0.309 e. The summed E-state index contributed by atoms with van der Waals surface area (Å²) in [6, 6.07) is 8.34. The molecule has 0 aliphatic carbocycles. The van der Waals surface area contributed by atoms with Crippen LogP contribution in [0.25, 0.3) is 0 Å². The van der Waals surface area contributed by atoms with Crippen LogP contribution in [0.5, 0.6) is 0 Å². The van der Waals surface area contributed by atoms with Gasteiger partial charge in [-0.2, -0.15) is 0 Å². The van der Waals surface area contributed by atoms with Crippen molar-refractivity contribution in [2.75, 3.05) is 7.05 Å². The molecular formula is C15H17ClN2. The van der Waals surface area contributed by atoms with Crippen molar-refractivity contribution >= 4 is 11.6 Å². The highest BCUT2D eigenvalue weighted by molar-refractivity contribution is 6.31. The summed E-state index contributed by atoms with van der Waals surface area (Å²) in [6.07, 6.45) is 3.73. The monoisotopic (exact) mass is 260 g/mol. The lowest BCUT2D eigenvalue weighted by molar-refractivity contribution is 0.688. The molecule has 2 aromatic rings. The Balaban J connectivity index is 2.45. The van der Waals surface area contributed by atoms with E-state index in [1.54, 1.807) is 0 Å². The van der Waals surface area contributed by atoms with Crippen molar-refractivity contribution in [1.82, 2.24) is 10.3 Å². The van der Waals surface area contributed by atoms with Crippen LogP contribution in [0, 0.1) is 13.8 Å². The predicted molar refractivity (Wildman–Crippen MR) is 76.1 cm³/mol. The topological polar surface area (TPSA) is 24.9 Å². The molecule has 0 saturated carbocycles. The Labute approximate surface area is 113 Å². The van der Waals surface area contributed by atoms with Crippen molar-refractivity contribution in [2.45, 2.75) is 19.9 Å². The minimum absolute atomic E-state index is 0.0745. The second kappa shape index (κ2) is 5.51. The number of aromatic nitrogens is 1. The molecule has 1 unspecified atom stereocenters. The molecule has 0 aliphatic heterocycles. The summed E-state index contributed by atoms with van der Waals surface area (Å²) >= 11 is 6.33. The molecule has 0 aliphatic rings. The molecule has 0 radical (unpaired) electrons. The Kier molecular flexibility index (Phi) is 4.00. The zero-order chi connectivity index (χ0) is 13.1. The quantitative estimate of drug-likeness (QED) is 0.911. The van der Waals surface area contributed by atoms with E-state index in [0.29, 0.717) is 0 Å². The third-order valence-corrected chi connectivity index (χ3v) is 3.31. The SMILES string of the molecule is CNC(c1cncc(C)c1)c1ccc(C)cc1Cl. The zero-order valence-corrected chi connectivity index (χ0v) is 11.6. The zero-order valence-electron chi connectivity index (χ0n) is 10.9. The van der Waals surface area contributed by atoms with Gasteiger partial charge in [0.15, 0.2) is 0 Å². The Morgan fingerprint density at radius 3 is 2.50 bits per heavy atom. The van der Waals surface area contributed by atoms with Crippen molar-refractivity contribution in [1.29, 1.82) is 0 Å². The summed E-state index contributed by atoms with van der Waals surface area (Å²) < 4.78 is 0. The molecule has 0 spiro atoms. The van der Waals surface area contributed by atoms with Gasteiger partial charge in [0.2, 0.25) is 0 Å². The maximum Gasteiger partial charge on any atom is 0.0604 e. The van der Waals surface area contributed by atoms with Gasteiger partial charge in [-0.05, 0) is 49.2 Å². The van der Waals surface area contributed by atoms with Gasteiger partial charge >= 0.3 is 0 Å². The number of halogens is 1. The molecular weight excluding hydrogens is 244 g/mol. The first-order chi connectivity index (χ1) is 8.61. The highest BCUT2D eigenvalue weighted by Crippen LogP contribution is 2.28. The van der Waals surface area contributed by atoms with Crippen LogP contribution in [0.2, 0.25) is 5.02 Å². The van der Waals surface area contributed by atoms with Crippen molar-refractivity contribution in [3.8, 4) is 0 Å². The van der Waals surface area contributed by atoms with E-state index in [-0.39, 0.29) is 6.04 Å². The number of aryl methyl sites for hydroxylation is 2. The van der Waals surface area contributed by atoms with Crippen molar-refractivity contribution < 1.29 is 0 Å². The average Bonchev–Trinajstić information content (AvgIpc) is 2.33. The van der Waals surface area contributed by atoms with Crippen LogP contribution in [0.3, 0.4) is 0 Å². The van der Waals surface area contributed by atoms with Crippen LogP contribution in [0.1, 0.15) is 28.3 Å². The molecule has 3 heteroatoms. The van der Waals surface area contributed by atoms with E-state index in [0.717, 1.165) is 21.7 Å². The predicted octanol–water partition coefficient (Wildman–Crippen LogP) is 3.66. The summed E-state index contributed by atoms with van der Waals surface area (Å²) in [5.74, 6) is 0. The van der Waals surface area contributed by atoms with Gasteiger partial charge in [0.05, 0.1) is 6.04 Å². The van der Waals surface area contributed by atoms with Gasteiger partial charge in [-0.1, -0.05) is 29.8 Å².